The summed E-state index contributed by atoms with van der Waals surface area (Å²) in [5.74, 6) is 0.920. The first-order chi connectivity index (χ1) is 12.7. The summed E-state index contributed by atoms with van der Waals surface area (Å²) in [6.45, 7) is 0. The topological polar surface area (TPSA) is 47.6 Å². The van der Waals surface area contributed by atoms with Gasteiger partial charge in [0.15, 0.2) is 0 Å². The van der Waals surface area contributed by atoms with Gasteiger partial charge >= 0.3 is 0 Å². The van der Waals surface area contributed by atoms with Crippen molar-refractivity contribution in [3.05, 3.63) is 77.4 Å². The fraction of sp³-hybridized carbons (Fsp3) is 0.136. The molecule has 4 rings (SSSR count). The van der Waals surface area contributed by atoms with E-state index in [1.165, 1.54) is 29.4 Å². The minimum atomic E-state index is -0.208. The van der Waals surface area contributed by atoms with Crippen LogP contribution in [0.1, 0.15) is 21.5 Å². The second-order valence-electron chi connectivity index (χ2n) is 6.23. The fourth-order valence-corrected chi connectivity index (χ4v) is 3.41. The third-order valence-electron chi connectivity index (χ3n) is 4.70. The number of amides is 1. The van der Waals surface area contributed by atoms with Gasteiger partial charge in [0, 0.05) is 11.8 Å². The zero-order chi connectivity index (χ0) is 18.1. The molecule has 0 bridgehead atoms. The van der Waals surface area contributed by atoms with Gasteiger partial charge in [0.05, 0.1) is 19.8 Å². The minimum absolute atomic E-state index is 0.208. The van der Waals surface area contributed by atoms with Gasteiger partial charge in [-0.3, -0.25) is 4.79 Å². The molecular formula is C22H19NO3. The number of benzene rings is 3. The van der Waals surface area contributed by atoms with Crippen molar-refractivity contribution in [3.63, 3.8) is 0 Å². The molecule has 3 aromatic rings. The first-order valence-corrected chi connectivity index (χ1v) is 8.44. The summed E-state index contributed by atoms with van der Waals surface area (Å²) in [6.07, 6.45) is 0.890. The van der Waals surface area contributed by atoms with Crippen molar-refractivity contribution in [2.75, 3.05) is 19.5 Å². The van der Waals surface area contributed by atoms with Crippen LogP contribution < -0.4 is 14.8 Å². The minimum Gasteiger partial charge on any atom is -0.497 e. The number of nitrogens with one attached hydrogen (secondary N) is 1. The average Bonchev–Trinajstić information content (AvgIpc) is 3.05. The zero-order valence-corrected chi connectivity index (χ0v) is 14.7. The lowest BCUT2D eigenvalue weighted by atomic mass is 10.1. The molecule has 0 saturated heterocycles. The molecule has 0 spiro atoms. The van der Waals surface area contributed by atoms with E-state index in [0.29, 0.717) is 17.1 Å². The van der Waals surface area contributed by atoms with Crippen molar-refractivity contribution >= 4 is 11.6 Å². The molecule has 0 unspecified atom stereocenters. The SMILES string of the molecule is COc1ccc(C(=O)Nc2ccc3c(c2)Cc2ccccc2-3)c(OC)c1. The highest BCUT2D eigenvalue weighted by Gasteiger charge is 2.19. The monoisotopic (exact) mass is 345 g/mol. The lowest BCUT2D eigenvalue weighted by Crippen LogP contribution is -2.13. The van der Waals surface area contributed by atoms with E-state index in [9.17, 15) is 4.79 Å². The van der Waals surface area contributed by atoms with E-state index in [4.69, 9.17) is 9.47 Å². The number of fused-ring (bicyclic) bond motifs is 3. The Labute approximate surface area is 152 Å². The van der Waals surface area contributed by atoms with Crippen molar-refractivity contribution < 1.29 is 14.3 Å². The summed E-state index contributed by atoms with van der Waals surface area (Å²) in [5.41, 5.74) is 6.31. The third-order valence-corrected chi connectivity index (χ3v) is 4.70. The second kappa shape index (κ2) is 6.56. The maximum Gasteiger partial charge on any atom is 0.259 e. The van der Waals surface area contributed by atoms with Crippen molar-refractivity contribution in [3.8, 4) is 22.6 Å². The van der Waals surface area contributed by atoms with E-state index in [-0.39, 0.29) is 5.91 Å². The molecule has 3 aromatic carbocycles. The summed E-state index contributed by atoms with van der Waals surface area (Å²) in [5, 5.41) is 2.97. The van der Waals surface area contributed by atoms with Gasteiger partial charge in [-0.15, -0.1) is 0 Å². The van der Waals surface area contributed by atoms with E-state index in [1.807, 2.05) is 12.1 Å². The number of rotatable bonds is 4. The van der Waals surface area contributed by atoms with Crippen molar-refractivity contribution in [2.24, 2.45) is 0 Å². The summed E-state index contributed by atoms with van der Waals surface area (Å²) in [6, 6.07) is 19.6. The highest BCUT2D eigenvalue weighted by Crippen LogP contribution is 2.37. The molecule has 0 radical (unpaired) electrons. The van der Waals surface area contributed by atoms with E-state index in [2.05, 4.69) is 35.6 Å². The van der Waals surface area contributed by atoms with Crippen LogP contribution in [0.5, 0.6) is 11.5 Å². The summed E-state index contributed by atoms with van der Waals surface area (Å²) >= 11 is 0. The Morgan fingerprint density at radius 1 is 0.885 bits per heavy atom. The first kappa shape index (κ1) is 16.2. The van der Waals surface area contributed by atoms with Gasteiger partial charge < -0.3 is 14.8 Å². The Hall–Kier alpha value is -3.27. The van der Waals surface area contributed by atoms with Crippen LogP contribution in [0.2, 0.25) is 0 Å². The van der Waals surface area contributed by atoms with Gasteiger partial charge in [-0.05, 0) is 52.9 Å². The van der Waals surface area contributed by atoms with Gasteiger partial charge in [-0.2, -0.15) is 0 Å². The number of methoxy groups -OCH3 is 2. The number of hydrogen-bond donors (Lipinski definition) is 1. The maximum absolute atomic E-state index is 12.7. The number of anilines is 1. The van der Waals surface area contributed by atoms with E-state index >= 15 is 0 Å². The predicted octanol–water partition coefficient (Wildman–Crippen LogP) is 4.53. The van der Waals surface area contributed by atoms with Crippen LogP contribution in [0, 0.1) is 0 Å². The van der Waals surface area contributed by atoms with E-state index < -0.39 is 0 Å². The van der Waals surface area contributed by atoms with Crippen LogP contribution in [0.4, 0.5) is 5.69 Å². The molecule has 1 aliphatic carbocycles. The highest BCUT2D eigenvalue weighted by atomic mass is 16.5. The van der Waals surface area contributed by atoms with Gasteiger partial charge in [-0.25, -0.2) is 0 Å². The molecule has 0 saturated carbocycles. The van der Waals surface area contributed by atoms with Crippen LogP contribution in [0.25, 0.3) is 11.1 Å². The Kier molecular flexibility index (Phi) is 4.09. The standard InChI is InChI=1S/C22H19NO3/c1-25-17-8-10-20(21(13-17)26-2)22(24)23-16-7-9-19-15(12-16)11-14-5-3-4-6-18(14)19/h3-10,12-13H,11H2,1-2H3,(H,23,24). The molecule has 4 heteroatoms. The molecule has 1 aliphatic rings. The smallest absolute Gasteiger partial charge is 0.259 e. The normalized spacial score (nSPS) is 11.5. The van der Waals surface area contributed by atoms with Crippen molar-refractivity contribution in [1.82, 2.24) is 0 Å². The summed E-state index contributed by atoms with van der Waals surface area (Å²) in [4.78, 5) is 12.7. The van der Waals surface area contributed by atoms with Gasteiger partial charge in [0.25, 0.3) is 5.91 Å². The van der Waals surface area contributed by atoms with Crippen LogP contribution in [-0.4, -0.2) is 20.1 Å². The number of hydrogen-bond acceptors (Lipinski definition) is 3. The molecule has 1 amide bonds. The first-order valence-electron chi connectivity index (χ1n) is 8.44. The molecule has 0 atom stereocenters. The average molecular weight is 345 g/mol. The number of ether oxygens (including phenoxy) is 2. The van der Waals surface area contributed by atoms with Gasteiger partial charge in [0.1, 0.15) is 11.5 Å². The largest absolute Gasteiger partial charge is 0.497 e. The van der Waals surface area contributed by atoms with Crippen molar-refractivity contribution in [2.45, 2.75) is 6.42 Å². The van der Waals surface area contributed by atoms with Crippen molar-refractivity contribution in [1.29, 1.82) is 0 Å². The van der Waals surface area contributed by atoms with E-state index in [0.717, 1.165) is 12.1 Å². The van der Waals surface area contributed by atoms with Gasteiger partial charge in [0.2, 0.25) is 0 Å². The van der Waals surface area contributed by atoms with Gasteiger partial charge in [-0.1, -0.05) is 30.3 Å². The Bertz CT molecular complexity index is 994. The third kappa shape index (κ3) is 2.80. The quantitative estimate of drug-likeness (QED) is 0.591. The fourth-order valence-electron chi connectivity index (χ4n) is 3.41. The molecule has 130 valence electrons. The van der Waals surface area contributed by atoms with Crippen LogP contribution in [-0.2, 0) is 6.42 Å². The molecule has 0 fully saturated rings. The lowest BCUT2D eigenvalue weighted by Gasteiger charge is -2.11. The zero-order valence-electron chi connectivity index (χ0n) is 14.7. The molecule has 0 aliphatic heterocycles. The van der Waals surface area contributed by atoms with Crippen LogP contribution in [0.15, 0.2) is 60.7 Å². The Morgan fingerprint density at radius 3 is 2.50 bits per heavy atom. The molecule has 26 heavy (non-hydrogen) atoms. The Balaban J connectivity index is 1.59. The molecule has 0 heterocycles. The predicted molar refractivity (Wildman–Crippen MR) is 102 cm³/mol. The second-order valence-corrected chi connectivity index (χ2v) is 6.23. The summed E-state index contributed by atoms with van der Waals surface area (Å²) in [7, 11) is 3.12. The molecule has 0 aromatic heterocycles. The molecule has 1 N–H and O–H groups in total. The number of carbonyl (C=O) groups excluding carboxylic acids is 1. The maximum atomic E-state index is 12.7. The van der Waals surface area contributed by atoms with Crippen LogP contribution >= 0.6 is 0 Å². The Morgan fingerprint density at radius 2 is 1.69 bits per heavy atom. The lowest BCUT2D eigenvalue weighted by molar-refractivity contribution is 0.102. The highest BCUT2D eigenvalue weighted by molar-refractivity contribution is 6.06. The number of carbonyl (C=O) groups is 1. The van der Waals surface area contributed by atoms with Crippen LogP contribution in [0.3, 0.4) is 0 Å². The molecular weight excluding hydrogens is 326 g/mol. The summed E-state index contributed by atoms with van der Waals surface area (Å²) < 4.78 is 10.5. The molecule has 4 nitrogen and oxygen atoms in total. The van der Waals surface area contributed by atoms with E-state index in [1.54, 1.807) is 25.3 Å².